The van der Waals surface area contributed by atoms with Crippen LogP contribution in [0.1, 0.15) is 38.2 Å². The van der Waals surface area contributed by atoms with Crippen molar-refractivity contribution in [3.8, 4) is 0 Å². The lowest BCUT2D eigenvalue weighted by molar-refractivity contribution is 0.327. The molecular weight excluding hydrogens is 200 g/mol. The van der Waals surface area contributed by atoms with Crippen LogP contribution >= 0.6 is 0 Å². The van der Waals surface area contributed by atoms with Gasteiger partial charge in [-0.1, -0.05) is 50.5 Å². The maximum absolute atomic E-state index is 5.67. The molecule has 0 unspecified atom stereocenters. The third kappa shape index (κ3) is 5.14. The van der Waals surface area contributed by atoms with E-state index in [0.29, 0.717) is 9.76 Å². The zero-order valence-corrected chi connectivity index (χ0v) is 10.8. The minimum atomic E-state index is 0.515. The van der Waals surface area contributed by atoms with Gasteiger partial charge in [0.25, 0.3) is 9.76 Å². The molecule has 0 aliphatic carbocycles. The number of rotatable bonds is 7. The van der Waals surface area contributed by atoms with Crippen LogP contribution in [0.25, 0.3) is 0 Å². The van der Waals surface area contributed by atoms with Crippen molar-refractivity contribution < 1.29 is 4.43 Å². The molecule has 0 atom stereocenters. The minimum Gasteiger partial charge on any atom is -0.411 e. The average molecular weight is 220 g/mol. The molecule has 0 N–H and O–H groups in total. The fourth-order valence-electron chi connectivity index (χ4n) is 1.42. The van der Waals surface area contributed by atoms with Crippen LogP contribution in [0.3, 0.4) is 0 Å². The Morgan fingerprint density at radius 3 is 2.67 bits per heavy atom. The second-order valence-electron chi connectivity index (χ2n) is 3.83. The first-order valence-electron chi connectivity index (χ1n) is 5.78. The summed E-state index contributed by atoms with van der Waals surface area (Å²) < 4.78 is 5.67. The molecule has 0 saturated heterocycles. The van der Waals surface area contributed by atoms with Crippen LogP contribution in [-0.2, 0) is 4.43 Å². The van der Waals surface area contributed by atoms with Crippen LogP contribution in [0, 0.1) is 6.92 Å². The van der Waals surface area contributed by atoms with Gasteiger partial charge in [-0.2, -0.15) is 0 Å². The molecule has 0 aliphatic rings. The first-order chi connectivity index (χ1) is 7.34. The standard InChI is InChI=1S/C13H20OSi/c1-3-4-5-8-11-14-15-13-10-7-6-9-12(13)2/h6-7,9-10H,3-5,8,11H2,1-2H3. The fourth-order valence-corrected chi connectivity index (χ4v) is 2.23. The van der Waals surface area contributed by atoms with Gasteiger partial charge in [0.2, 0.25) is 0 Å². The highest BCUT2D eigenvalue weighted by molar-refractivity contribution is 6.47. The molecule has 0 bridgehead atoms. The van der Waals surface area contributed by atoms with Gasteiger partial charge in [0, 0.05) is 6.61 Å². The van der Waals surface area contributed by atoms with E-state index in [2.05, 4.69) is 38.1 Å². The summed E-state index contributed by atoms with van der Waals surface area (Å²) in [6.45, 7) is 5.28. The van der Waals surface area contributed by atoms with Gasteiger partial charge in [-0.25, -0.2) is 0 Å². The first kappa shape index (κ1) is 12.5. The zero-order chi connectivity index (χ0) is 10.9. The minimum absolute atomic E-state index is 0.515. The molecule has 15 heavy (non-hydrogen) atoms. The Morgan fingerprint density at radius 2 is 1.93 bits per heavy atom. The lowest BCUT2D eigenvalue weighted by atomic mass is 10.2. The highest BCUT2D eigenvalue weighted by atomic mass is 28.2. The molecule has 0 spiro atoms. The molecule has 0 aliphatic heterocycles. The van der Waals surface area contributed by atoms with Gasteiger partial charge in [0.15, 0.2) is 0 Å². The van der Waals surface area contributed by atoms with Gasteiger partial charge in [0.05, 0.1) is 0 Å². The summed E-state index contributed by atoms with van der Waals surface area (Å²) in [4.78, 5) is 0. The quantitative estimate of drug-likeness (QED) is 0.507. The van der Waals surface area contributed by atoms with Crippen LogP contribution in [-0.4, -0.2) is 16.4 Å². The Morgan fingerprint density at radius 1 is 1.13 bits per heavy atom. The molecule has 0 amide bonds. The van der Waals surface area contributed by atoms with Gasteiger partial charge in [-0.05, 0) is 24.1 Å². The molecule has 82 valence electrons. The molecule has 2 radical (unpaired) electrons. The predicted molar refractivity (Wildman–Crippen MR) is 66.7 cm³/mol. The van der Waals surface area contributed by atoms with Crippen molar-refractivity contribution in [3.05, 3.63) is 29.8 Å². The van der Waals surface area contributed by atoms with Crippen molar-refractivity contribution in [3.63, 3.8) is 0 Å². The van der Waals surface area contributed by atoms with Crippen molar-refractivity contribution in [1.82, 2.24) is 0 Å². The predicted octanol–water partition coefficient (Wildman–Crippen LogP) is 2.84. The Bertz CT molecular complexity index is 273. The van der Waals surface area contributed by atoms with E-state index in [9.17, 15) is 0 Å². The van der Waals surface area contributed by atoms with Crippen LogP contribution in [0.2, 0.25) is 0 Å². The van der Waals surface area contributed by atoms with Crippen LogP contribution in [0.4, 0.5) is 0 Å². The molecule has 0 heterocycles. The second-order valence-corrected chi connectivity index (χ2v) is 4.86. The van der Waals surface area contributed by atoms with E-state index in [4.69, 9.17) is 4.43 Å². The molecule has 0 aromatic heterocycles. The highest BCUT2D eigenvalue weighted by Gasteiger charge is 1.99. The van der Waals surface area contributed by atoms with Crippen LogP contribution in [0.5, 0.6) is 0 Å². The summed E-state index contributed by atoms with van der Waals surface area (Å²) in [6, 6.07) is 8.45. The molecule has 2 heteroatoms. The van der Waals surface area contributed by atoms with Crippen molar-refractivity contribution in [2.24, 2.45) is 0 Å². The number of unbranched alkanes of at least 4 members (excludes halogenated alkanes) is 3. The Kier molecular flexibility index (Phi) is 6.36. The van der Waals surface area contributed by atoms with Crippen molar-refractivity contribution >= 4 is 14.9 Å². The highest BCUT2D eigenvalue weighted by Crippen LogP contribution is 1.98. The van der Waals surface area contributed by atoms with E-state index in [-0.39, 0.29) is 0 Å². The number of hydrogen-bond donors (Lipinski definition) is 0. The van der Waals surface area contributed by atoms with Crippen LogP contribution in [0.15, 0.2) is 24.3 Å². The Labute approximate surface area is 95.8 Å². The van der Waals surface area contributed by atoms with E-state index in [0.717, 1.165) is 6.61 Å². The summed E-state index contributed by atoms with van der Waals surface area (Å²) >= 11 is 0. The third-order valence-corrected chi connectivity index (χ3v) is 3.56. The zero-order valence-electron chi connectivity index (χ0n) is 9.75. The summed E-state index contributed by atoms with van der Waals surface area (Å²) in [7, 11) is 0.515. The smallest absolute Gasteiger partial charge is 0.268 e. The fraction of sp³-hybridized carbons (Fsp3) is 0.538. The van der Waals surface area contributed by atoms with Gasteiger partial charge in [-0.3, -0.25) is 0 Å². The molecule has 1 nitrogen and oxygen atoms in total. The number of aryl methyl sites for hydroxylation is 1. The molecule has 1 rings (SSSR count). The van der Waals surface area contributed by atoms with Crippen molar-refractivity contribution in [1.29, 1.82) is 0 Å². The van der Waals surface area contributed by atoms with E-state index in [1.54, 1.807) is 0 Å². The molecule has 0 fully saturated rings. The van der Waals surface area contributed by atoms with Gasteiger partial charge in [0.1, 0.15) is 0 Å². The SMILES string of the molecule is CCCCCCO[Si]c1ccccc1C. The summed E-state index contributed by atoms with van der Waals surface area (Å²) in [5.41, 5.74) is 1.34. The number of benzene rings is 1. The maximum Gasteiger partial charge on any atom is 0.268 e. The largest absolute Gasteiger partial charge is 0.411 e. The van der Waals surface area contributed by atoms with Crippen molar-refractivity contribution in [2.75, 3.05) is 6.61 Å². The van der Waals surface area contributed by atoms with E-state index in [1.807, 2.05) is 0 Å². The average Bonchev–Trinajstić information content (AvgIpc) is 2.25. The lowest BCUT2D eigenvalue weighted by Crippen LogP contribution is -2.20. The van der Waals surface area contributed by atoms with Crippen molar-refractivity contribution in [2.45, 2.75) is 39.5 Å². The lowest BCUT2D eigenvalue weighted by Gasteiger charge is -2.04. The molecular formula is C13H20OSi. The Balaban J connectivity index is 2.12. The Hall–Kier alpha value is -0.603. The summed E-state index contributed by atoms with van der Waals surface area (Å²) in [5.74, 6) is 0. The third-order valence-electron chi connectivity index (χ3n) is 2.43. The first-order valence-corrected chi connectivity index (χ1v) is 6.69. The maximum atomic E-state index is 5.67. The van der Waals surface area contributed by atoms with E-state index in [1.165, 1.54) is 36.4 Å². The monoisotopic (exact) mass is 220 g/mol. The second kappa shape index (κ2) is 7.66. The van der Waals surface area contributed by atoms with Crippen LogP contribution < -0.4 is 5.19 Å². The summed E-state index contributed by atoms with van der Waals surface area (Å²) in [5, 5.41) is 1.34. The normalized spacial score (nSPS) is 10.5. The van der Waals surface area contributed by atoms with Gasteiger partial charge < -0.3 is 4.43 Å². The number of hydrogen-bond acceptors (Lipinski definition) is 1. The molecule has 1 aromatic carbocycles. The topological polar surface area (TPSA) is 9.23 Å². The summed E-state index contributed by atoms with van der Waals surface area (Å²) in [6.07, 6.45) is 5.12. The van der Waals surface area contributed by atoms with Gasteiger partial charge in [-0.15, -0.1) is 0 Å². The van der Waals surface area contributed by atoms with E-state index < -0.39 is 0 Å². The molecule has 1 aromatic rings. The van der Waals surface area contributed by atoms with Gasteiger partial charge >= 0.3 is 0 Å². The van der Waals surface area contributed by atoms with E-state index >= 15 is 0 Å². The molecule has 0 saturated carbocycles.